The highest BCUT2D eigenvalue weighted by molar-refractivity contribution is 9.11. The molecule has 0 radical (unpaired) electrons. The maximum atomic E-state index is 4.59. The van der Waals surface area contributed by atoms with Crippen LogP contribution in [0, 0.1) is 0 Å². The lowest BCUT2D eigenvalue weighted by Crippen LogP contribution is -2.02. The number of anilines is 1. The summed E-state index contributed by atoms with van der Waals surface area (Å²) in [6, 6.07) is 14.3. The Morgan fingerprint density at radius 2 is 1.75 bits per heavy atom. The molecule has 0 saturated carbocycles. The number of hydrogen-bond donors (Lipinski definition) is 1. The van der Waals surface area contributed by atoms with Gasteiger partial charge in [0.1, 0.15) is 0 Å². The van der Waals surface area contributed by atoms with Gasteiger partial charge in [-0.15, -0.1) is 0 Å². The quantitative estimate of drug-likeness (QED) is 0.697. The second kappa shape index (κ2) is 5.58. The number of aromatic nitrogens is 2. The number of aryl methyl sites for hydroxylation is 1. The second-order valence-electron chi connectivity index (χ2n) is 4.54. The fourth-order valence-corrected chi connectivity index (χ4v) is 3.54. The molecule has 1 N–H and O–H groups in total. The van der Waals surface area contributed by atoms with Crippen LogP contribution in [0.25, 0.3) is 10.9 Å². The zero-order valence-electron chi connectivity index (χ0n) is 10.9. The van der Waals surface area contributed by atoms with Crippen molar-refractivity contribution in [1.82, 2.24) is 9.78 Å². The van der Waals surface area contributed by atoms with Crippen LogP contribution < -0.4 is 5.32 Å². The lowest BCUT2D eigenvalue weighted by molar-refractivity contribution is 0.771. The molecule has 0 atom stereocenters. The molecule has 102 valence electrons. The lowest BCUT2D eigenvalue weighted by atomic mass is 10.2. The first kappa shape index (κ1) is 13.6. The van der Waals surface area contributed by atoms with Crippen molar-refractivity contribution >= 4 is 48.5 Å². The van der Waals surface area contributed by atoms with Crippen molar-refractivity contribution in [2.45, 2.75) is 6.54 Å². The maximum Gasteiger partial charge on any atom is 0.0894 e. The summed E-state index contributed by atoms with van der Waals surface area (Å²) in [5.74, 6) is 0. The number of nitrogens with one attached hydrogen (secondary N) is 1. The standard InChI is InChI=1S/C15H13Br2N3/c1-20-14-8-3-2-5-10(14)13(19-20)9-18-15-11(16)6-4-7-12(15)17/h2-8,18H,9H2,1H3. The van der Waals surface area contributed by atoms with Crippen molar-refractivity contribution < 1.29 is 0 Å². The van der Waals surface area contributed by atoms with E-state index in [4.69, 9.17) is 0 Å². The summed E-state index contributed by atoms with van der Waals surface area (Å²) in [7, 11) is 1.97. The SMILES string of the molecule is Cn1nc(CNc2c(Br)cccc2Br)c2ccccc21. The van der Waals surface area contributed by atoms with E-state index in [9.17, 15) is 0 Å². The molecule has 2 aromatic carbocycles. The molecule has 1 aromatic heterocycles. The van der Waals surface area contributed by atoms with Crippen LogP contribution in [0.2, 0.25) is 0 Å². The van der Waals surface area contributed by atoms with Gasteiger partial charge in [0.15, 0.2) is 0 Å². The lowest BCUT2D eigenvalue weighted by Gasteiger charge is -2.09. The van der Waals surface area contributed by atoms with Crippen LogP contribution in [0.1, 0.15) is 5.69 Å². The summed E-state index contributed by atoms with van der Waals surface area (Å²) in [6.45, 7) is 0.683. The van der Waals surface area contributed by atoms with E-state index in [1.54, 1.807) is 0 Å². The molecule has 0 unspecified atom stereocenters. The van der Waals surface area contributed by atoms with Crippen LogP contribution in [0.5, 0.6) is 0 Å². The second-order valence-corrected chi connectivity index (χ2v) is 6.25. The minimum absolute atomic E-state index is 0.683. The Morgan fingerprint density at radius 3 is 2.50 bits per heavy atom. The van der Waals surface area contributed by atoms with Gasteiger partial charge in [-0.2, -0.15) is 5.10 Å². The molecule has 20 heavy (non-hydrogen) atoms. The van der Waals surface area contributed by atoms with Crippen molar-refractivity contribution in [3.8, 4) is 0 Å². The van der Waals surface area contributed by atoms with Crippen LogP contribution in [0.3, 0.4) is 0 Å². The van der Waals surface area contributed by atoms with Gasteiger partial charge in [-0.25, -0.2) is 0 Å². The molecule has 5 heteroatoms. The molecular formula is C15H13Br2N3. The first-order valence-electron chi connectivity index (χ1n) is 6.25. The number of para-hydroxylation sites is 2. The molecule has 3 aromatic rings. The van der Waals surface area contributed by atoms with Crippen molar-refractivity contribution in [2.24, 2.45) is 7.05 Å². The van der Waals surface area contributed by atoms with E-state index in [1.807, 2.05) is 42.1 Å². The zero-order chi connectivity index (χ0) is 14.1. The van der Waals surface area contributed by atoms with E-state index in [1.165, 1.54) is 5.39 Å². The molecule has 0 bridgehead atoms. The molecule has 0 aliphatic heterocycles. The molecule has 3 nitrogen and oxygen atoms in total. The average Bonchev–Trinajstić information content (AvgIpc) is 2.76. The largest absolute Gasteiger partial charge is 0.377 e. The Balaban J connectivity index is 1.91. The maximum absolute atomic E-state index is 4.59. The van der Waals surface area contributed by atoms with E-state index in [0.717, 1.165) is 25.8 Å². The van der Waals surface area contributed by atoms with Crippen LogP contribution >= 0.6 is 31.9 Å². The fraction of sp³-hybridized carbons (Fsp3) is 0.133. The van der Waals surface area contributed by atoms with Crippen molar-refractivity contribution in [3.63, 3.8) is 0 Å². The highest BCUT2D eigenvalue weighted by atomic mass is 79.9. The van der Waals surface area contributed by atoms with Gasteiger partial charge in [0.25, 0.3) is 0 Å². The minimum atomic E-state index is 0.683. The molecule has 0 aliphatic carbocycles. The highest BCUT2D eigenvalue weighted by Crippen LogP contribution is 2.31. The predicted octanol–water partition coefficient (Wildman–Crippen LogP) is 4.71. The van der Waals surface area contributed by atoms with Crippen molar-refractivity contribution in [2.75, 3.05) is 5.32 Å². The first-order valence-corrected chi connectivity index (χ1v) is 7.84. The third kappa shape index (κ3) is 2.47. The Hall–Kier alpha value is -1.33. The molecule has 0 amide bonds. The normalized spacial score (nSPS) is 10.9. The Morgan fingerprint density at radius 1 is 1.05 bits per heavy atom. The smallest absolute Gasteiger partial charge is 0.0894 e. The topological polar surface area (TPSA) is 29.9 Å². The summed E-state index contributed by atoms with van der Waals surface area (Å²) in [4.78, 5) is 0. The van der Waals surface area contributed by atoms with E-state index < -0.39 is 0 Å². The summed E-state index contributed by atoms with van der Waals surface area (Å²) in [5, 5.41) is 9.21. The van der Waals surface area contributed by atoms with Gasteiger partial charge in [-0.1, -0.05) is 24.3 Å². The third-order valence-corrected chi connectivity index (χ3v) is 4.55. The Kier molecular flexibility index (Phi) is 3.81. The molecule has 3 rings (SSSR count). The van der Waals surface area contributed by atoms with Gasteiger partial charge in [0.2, 0.25) is 0 Å². The van der Waals surface area contributed by atoms with Crippen LogP contribution in [-0.4, -0.2) is 9.78 Å². The highest BCUT2D eigenvalue weighted by Gasteiger charge is 2.09. The summed E-state index contributed by atoms with van der Waals surface area (Å²) < 4.78 is 3.99. The Bertz CT molecular complexity index is 745. The Labute approximate surface area is 134 Å². The number of nitrogens with zero attached hydrogens (tertiary/aromatic N) is 2. The van der Waals surface area contributed by atoms with E-state index in [-0.39, 0.29) is 0 Å². The first-order chi connectivity index (χ1) is 9.66. The number of fused-ring (bicyclic) bond motifs is 1. The number of benzene rings is 2. The average molecular weight is 395 g/mol. The van der Waals surface area contributed by atoms with Gasteiger partial charge < -0.3 is 5.32 Å². The predicted molar refractivity (Wildman–Crippen MR) is 89.9 cm³/mol. The molecule has 1 heterocycles. The van der Waals surface area contributed by atoms with Crippen LogP contribution in [0.4, 0.5) is 5.69 Å². The molecule has 0 fully saturated rings. The summed E-state index contributed by atoms with van der Waals surface area (Å²) in [5.41, 5.74) is 3.24. The monoisotopic (exact) mass is 393 g/mol. The van der Waals surface area contributed by atoms with Crippen molar-refractivity contribution in [1.29, 1.82) is 0 Å². The molecule has 0 aliphatic rings. The zero-order valence-corrected chi connectivity index (χ0v) is 14.1. The molecular weight excluding hydrogens is 382 g/mol. The van der Waals surface area contributed by atoms with E-state index in [0.29, 0.717) is 6.54 Å². The van der Waals surface area contributed by atoms with Gasteiger partial charge >= 0.3 is 0 Å². The van der Waals surface area contributed by atoms with Crippen LogP contribution in [0.15, 0.2) is 51.4 Å². The van der Waals surface area contributed by atoms with E-state index in [2.05, 4.69) is 54.4 Å². The van der Waals surface area contributed by atoms with Crippen LogP contribution in [-0.2, 0) is 13.6 Å². The molecule has 0 spiro atoms. The minimum Gasteiger partial charge on any atom is -0.377 e. The van der Waals surface area contributed by atoms with Gasteiger partial charge in [-0.3, -0.25) is 4.68 Å². The van der Waals surface area contributed by atoms with Crippen molar-refractivity contribution in [3.05, 3.63) is 57.1 Å². The molecule has 0 saturated heterocycles. The van der Waals surface area contributed by atoms with Gasteiger partial charge in [-0.05, 0) is 50.1 Å². The van der Waals surface area contributed by atoms with E-state index >= 15 is 0 Å². The number of hydrogen-bond acceptors (Lipinski definition) is 2. The fourth-order valence-electron chi connectivity index (χ4n) is 2.26. The summed E-state index contributed by atoms with van der Waals surface area (Å²) >= 11 is 7.11. The van der Waals surface area contributed by atoms with Gasteiger partial charge in [0.05, 0.1) is 23.4 Å². The number of rotatable bonds is 3. The third-order valence-electron chi connectivity index (χ3n) is 3.23. The number of halogens is 2. The summed E-state index contributed by atoms with van der Waals surface area (Å²) in [6.07, 6.45) is 0. The van der Waals surface area contributed by atoms with Gasteiger partial charge in [0, 0.05) is 21.4 Å².